The maximum absolute atomic E-state index is 12.6. The van der Waals surface area contributed by atoms with Crippen molar-refractivity contribution < 1.29 is 31.5 Å². The van der Waals surface area contributed by atoms with Crippen LogP contribution in [0.15, 0.2) is 78.2 Å². The smallest absolute Gasteiger partial charge is 0.269 e. The molecule has 0 aliphatic carbocycles. The molecule has 0 aliphatic rings. The molecule has 1 heterocycles. The van der Waals surface area contributed by atoms with Gasteiger partial charge in [-0.3, -0.25) is 14.9 Å². The van der Waals surface area contributed by atoms with Gasteiger partial charge < -0.3 is 5.32 Å². The minimum absolute atomic E-state index is 0.0333. The zero-order valence-electron chi connectivity index (χ0n) is 24.0. The Kier molecular flexibility index (Phi) is 12.4. The molecule has 0 bridgehead atoms. The van der Waals surface area contributed by atoms with Crippen molar-refractivity contribution >= 4 is 53.0 Å². The summed E-state index contributed by atoms with van der Waals surface area (Å²) >= 11 is -3.61. The number of para-hydroxylation sites is 1. The average molecular weight is 685 g/mol. The summed E-state index contributed by atoms with van der Waals surface area (Å²) in [5.41, 5.74) is 2.86. The number of rotatable bonds is 11. The number of aromatic nitrogens is 1. The second kappa shape index (κ2) is 16.0. The van der Waals surface area contributed by atoms with Crippen molar-refractivity contribution in [3.05, 3.63) is 110 Å². The number of carbonyl (C=O) groups is 2. The Balaban J connectivity index is 0.000000297. The van der Waals surface area contributed by atoms with E-state index in [1.165, 1.54) is 48.6 Å². The van der Waals surface area contributed by atoms with Gasteiger partial charge in [-0.2, -0.15) is 0 Å². The van der Waals surface area contributed by atoms with E-state index in [0.29, 0.717) is 19.3 Å². The van der Waals surface area contributed by atoms with Gasteiger partial charge in [-0.25, -0.2) is 4.98 Å². The van der Waals surface area contributed by atoms with Gasteiger partial charge in [0.05, 0.1) is 16.7 Å². The molecule has 0 saturated carbocycles. The summed E-state index contributed by atoms with van der Waals surface area (Å²) in [6.07, 6.45) is 2.44. The summed E-state index contributed by atoms with van der Waals surface area (Å²) in [7, 11) is 0. The number of phenolic OH excluding ortho intramolecular Hbond substituents is 1. The van der Waals surface area contributed by atoms with E-state index in [4.69, 9.17) is 8.19 Å². The Labute approximate surface area is 261 Å². The van der Waals surface area contributed by atoms with Crippen LogP contribution in [0.4, 0.5) is 11.4 Å². The van der Waals surface area contributed by atoms with E-state index in [2.05, 4.69) is 15.6 Å². The van der Waals surface area contributed by atoms with Crippen LogP contribution in [-0.2, 0) is 32.6 Å². The first-order chi connectivity index (χ1) is 20.9. The normalized spacial score (nSPS) is 11.5. The van der Waals surface area contributed by atoms with Gasteiger partial charge in [0.2, 0.25) is 5.91 Å². The van der Waals surface area contributed by atoms with Gasteiger partial charge in [0.25, 0.3) is 5.69 Å². The zero-order valence-corrected chi connectivity index (χ0v) is 26.7. The SMILES string of the molecule is CC(=O)Nc1c(O)cccc1[As](=O)(O)O.CCc1csc([C@H](Cc2ccc([N+](=O)[O-])cc2)NC(=O)CCc2ccccc2)n1. The number of aryl methyl sites for hydroxylation is 2. The van der Waals surface area contributed by atoms with Crippen molar-refractivity contribution in [1.29, 1.82) is 0 Å². The molecule has 0 fully saturated rings. The summed E-state index contributed by atoms with van der Waals surface area (Å²) in [4.78, 5) is 38.5. The molecule has 4 aromatic rings. The number of hydrogen-bond donors (Lipinski definition) is 5. The molecule has 0 spiro atoms. The maximum atomic E-state index is 12.6. The van der Waals surface area contributed by atoms with Crippen molar-refractivity contribution in [1.82, 2.24) is 10.3 Å². The van der Waals surface area contributed by atoms with E-state index in [-0.39, 0.29) is 33.4 Å². The Bertz CT molecular complexity index is 1620. The van der Waals surface area contributed by atoms with E-state index < -0.39 is 25.0 Å². The van der Waals surface area contributed by atoms with E-state index in [9.17, 15) is 28.5 Å². The molecular weight excluding hydrogens is 651 g/mol. The number of amides is 2. The van der Waals surface area contributed by atoms with E-state index >= 15 is 0 Å². The number of carbonyl (C=O) groups excluding carboxylic acids is 2. The van der Waals surface area contributed by atoms with Crippen LogP contribution in [0.25, 0.3) is 0 Å². The number of thiazole rings is 1. The summed E-state index contributed by atoms with van der Waals surface area (Å²) in [5.74, 6) is -0.914. The number of nitrogens with zero attached hydrogens (tertiary/aromatic N) is 2. The third kappa shape index (κ3) is 10.5. The summed E-state index contributed by atoms with van der Waals surface area (Å²) in [6.45, 7) is 3.23. The van der Waals surface area contributed by atoms with Gasteiger partial charge in [-0.05, 0) is 30.4 Å². The van der Waals surface area contributed by atoms with Crippen LogP contribution in [0, 0.1) is 10.1 Å². The molecule has 0 radical (unpaired) electrons. The number of nitro groups is 1. The molecule has 12 nitrogen and oxygen atoms in total. The number of nitrogens with one attached hydrogen (secondary N) is 2. The monoisotopic (exact) mass is 684 g/mol. The Hall–Kier alpha value is -4.29. The van der Waals surface area contributed by atoms with Crippen LogP contribution in [0.2, 0.25) is 0 Å². The average Bonchev–Trinajstić information content (AvgIpc) is 3.47. The molecule has 0 aliphatic heterocycles. The number of non-ortho nitro benzene ring substituents is 1. The molecule has 2 amide bonds. The predicted molar refractivity (Wildman–Crippen MR) is 167 cm³/mol. The van der Waals surface area contributed by atoms with Crippen LogP contribution >= 0.6 is 11.3 Å². The maximum Gasteiger partial charge on any atom is 0.269 e. The molecule has 0 unspecified atom stereocenters. The molecule has 0 saturated heterocycles. The third-order valence-electron chi connectivity index (χ3n) is 6.27. The molecule has 1 atom stereocenters. The number of benzene rings is 3. The van der Waals surface area contributed by atoms with Crippen molar-refractivity contribution in [2.75, 3.05) is 5.32 Å². The predicted octanol–water partition coefficient (Wildman–Crippen LogP) is 3.56. The van der Waals surface area contributed by atoms with Gasteiger partial charge in [0, 0.05) is 23.9 Å². The van der Waals surface area contributed by atoms with Crippen molar-refractivity contribution in [2.24, 2.45) is 0 Å². The summed E-state index contributed by atoms with van der Waals surface area (Å²) in [6, 6.07) is 19.8. The first-order valence-corrected chi connectivity index (χ1v) is 17.8. The molecule has 3 aromatic carbocycles. The molecule has 232 valence electrons. The number of hydrogen-bond acceptors (Lipinski definition) is 8. The fraction of sp³-hybridized carbons (Fsp3) is 0.233. The van der Waals surface area contributed by atoms with Gasteiger partial charge in [0.15, 0.2) is 0 Å². The first-order valence-electron chi connectivity index (χ1n) is 13.5. The summed E-state index contributed by atoms with van der Waals surface area (Å²) in [5, 5.41) is 28.4. The van der Waals surface area contributed by atoms with E-state index in [1.54, 1.807) is 12.1 Å². The molecular formula is C30H33AsN4O8S. The number of aromatic hydroxyl groups is 1. The second-order valence-corrected chi connectivity index (χ2v) is 13.8. The number of anilines is 1. The first kappa shape index (κ1) is 34.2. The minimum atomic E-state index is -5.14. The van der Waals surface area contributed by atoms with Crippen LogP contribution in [0.1, 0.15) is 48.1 Å². The Morgan fingerprint density at radius 1 is 1.02 bits per heavy atom. The molecule has 5 N–H and O–H groups in total. The summed E-state index contributed by atoms with van der Waals surface area (Å²) < 4.78 is 28.8. The van der Waals surface area contributed by atoms with Crippen molar-refractivity contribution in [2.45, 2.75) is 45.6 Å². The van der Waals surface area contributed by atoms with Gasteiger partial charge >= 0.3 is 88.1 Å². The van der Waals surface area contributed by atoms with Gasteiger partial charge in [0.1, 0.15) is 5.01 Å². The van der Waals surface area contributed by atoms with Gasteiger partial charge in [-0.15, -0.1) is 11.3 Å². The molecule has 14 heteroatoms. The fourth-order valence-corrected chi connectivity index (χ4v) is 6.59. The van der Waals surface area contributed by atoms with Crippen LogP contribution in [-0.4, -0.2) is 49.2 Å². The largest absolute Gasteiger partial charge is 0.347 e. The van der Waals surface area contributed by atoms with Crippen LogP contribution in [0.5, 0.6) is 5.75 Å². The number of phenols is 1. The van der Waals surface area contributed by atoms with E-state index in [0.717, 1.165) is 28.2 Å². The number of nitro benzene ring substituents is 1. The molecule has 44 heavy (non-hydrogen) atoms. The van der Waals surface area contributed by atoms with Gasteiger partial charge in [-0.1, -0.05) is 49.4 Å². The van der Waals surface area contributed by atoms with Crippen LogP contribution < -0.4 is 15.0 Å². The van der Waals surface area contributed by atoms with Crippen molar-refractivity contribution in [3.8, 4) is 5.75 Å². The minimum Gasteiger partial charge on any atom is -0.347 e. The standard InChI is InChI=1S/C22H23N3O3S.C8H10AsNO5/c1-2-18-15-29-22(23-18)20(14-17-8-11-19(12-9-17)25(27)28)24-21(26)13-10-16-6-4-3-5-7-16;1-5(11)10-8-6(9(13,14)15)3-2-4-7(8)12/h3-9,11-12,15,20H,2,10,13-14H2,1H3,(H,24,26);2-4,12H,1H3,(H,10,11)(H2,13,14,15)/t20-;/m0./s1. The van der Waals surface area contributed by atoms with Crippen molar-refractivity contribution in [3.63, 3.8) is 0 Å². The van der Waals surface area contributed by atoms with E-state index in [1.807, 2.05) is 42.6 Å². The second-order valence-electron chi connectivity index (χ2n) is 9.66. The molecule has 4 rings (SSSR count). The third-order valence-corrected chi connectivity index (χ3v) is 9.38. The Morgan fingerprint density at radius 2 is 1.70 bits per heavy atom. The Morgan fingerprint density at radius 3 is 2.27 bits per heavy atom. The quantitative estimate of drug-likeness (QED) is 0.0680. The fourth-order valence-electron chi connectivity index (χ4n) is 4.08. The molecule has 1 aromatic heterocycles. The topological polar surface area (TPSA) is 192 Å². The van der Waals surface area contributed by atoms with Crippen LogP contribution in [0.3, 0.4) is 0 Å². The zero-order chi connectivity index (χ0) is 32.3.